The molecule has 0 atom stereocenters. The number of aromatic nitrogens is 1. The predicted octanol–water partition coefficient (Wildman–Crippen LogP) is 7.61. The van der Waals surface area contributed by atoms with E-state index in [4.69, 9.17) is 0 Å². The molecule has 1 aromatic heterocycles. The first-order chi connectivity index (χ1) is 17.1. The van der Waals surface area contributed by atoms with E-state index in [1.165, 1.54) is 24.3 Å². The Balaban J connectivity index is 1.75. The summed E-state index contributed by atoms with van der Waals surface area (Å²) in [6.07, 6.45) is 1.77. The fourth-order valence-electron chi connectivity index (χ4n) is 4.00. The molecule has 0 unspecified atom stereocenters. The van der Waals surface area contributed by atoms with E-state index in [9.17, 15) is 14.5 Å². The van der Waals surface area contributed by atoms with Gasteiger partial charge in [-0.2, -0.15) is 0 Å². The number of benzene rings is 4. The molecule has 0 spiro atoms. The van der Waals surface area contributed by atoms with Crippen LogP contribution in [0, 0.1) is 15.9 Å². The number of nitro groups is 1. The number of hydrogen-bond acceptors (Lipinski definition) is 3. The second kappa shape index (κ2) is 9.57. The van der Waals surface area contributed by atoms with Crippen molar-refractivity contribution in [2.24, 2.45) is 4.99 Å². The maximum absolute atomic E-state index is 13.3. The maximum atomic E-state index is 13.3. The zero-order valence-corrected chi connectivity index (χ0v) is 18.6. The van der Waals surface area contributed by atoms with Crippen molar-refractivity contribution in [1.82, 2.24) is 4.57 Å². The van der Waals surface area contributed by atoms with Crippen LogP contribution in [0.5, 0.6) is 0 Å². The van der Waals surface area contributed by atoms with Gasteiger partial charge in [0.15, 0.2) is 0 Å². The van der Waals surface area contributed by atoms with Crippen molar-refractivity contribution < 1.29 is 9.31 Å². The third-order valence-electron chi connectivity index (χ3n) is 5.65. The van der Waals surface area contributed by atoms with Gasteiger partial charge in [-0.3, -0.25) is 15.1 Å². The van der Waals surface area contributed by atoms with Crippen LogP contribution in [0.1, 0.15) is 5.56 Å². The normalized spacial score (nSPS) is 11.1. The van der Waals surface area contributed by atoms with E-state index >= 15 is 0 Å². The number of rotatable bonds is 6. The number of nitrogens with zero attached hydrogens (tertiary/aromatic N) is 3. The van der Waals surface area contributed by atoms with Gasteiger partial charge in [-0.15, -0.1) is 0 Å². The fourth-order valence-corrected chi connectivity index (χ4v) is 4.00. The lowest BCUT2D eigenvalue weighted by Gasteiger charge is -2.15. The number of halogens is 1. The summed E-state index contributed by atoms with van der Waals surface area (Å²) in [5.41, 5.74) is 6.07. The molecule has 0 aliphatic heterocycles. The number of hydrogen-bond donors (Lipinski definition) is 0. The zero-order chi connectivity index (χ0) is 24.2. The molecule has 5 aromatic rings. The third kappa shape index (κ3) is 4.63. The summed E-state index contributed by atoms with van der Waals surface area (Å²) >= 11 is 0. The minimum absolute atomic E-state index is 0.0292. The highest BCUT2D eigenvalue weighted by molar-refractivity contribution is 5.94. The van der Waals surface area contributed by atoms with Crippen molar-refractivity contribution in [3.05, 3.63) is 137 Å². The number of non-ortho nitro benzene ring substituents is 1. The lowest BCUT2D eigenvalue weighted by molar-refractivity contribution is -0.384. The van der Waals surface area contributed by atoms with Crippen LogP contribution in [0.15, 0.2) is 120 Å². The third-order valence-corrected chi connectivity index (χ3v) is 5.65. The van der Waals surface area contributed by atoms with Crippen LogP contribution in [0.25, 0.3) is 28.2 Å². The van der Waals surface area contributed by atoms with Crippen molar-refractivity contribution in [2.45, 2.75) is 0 Å². The average Bonchev–Trinajstić information content (AvgIpc) is 3.29. The summed E-state index contributed by atoms with van der Waals surface area (Å²) in [5.74, 6) is -0.315. The smallest absolute Gasteiger partial charge is 0.269 e. The Bertz CT molecular complexity index is 1490. The molecule has 0 saturated carbocycles. The van der Waals surface area contributed by atoms with E-state index in [2.05, 4.69) is 9.56 Å². The first-order valence-corrected chi connectivity index (χ1v) is 11.0. The summed E-state index contributed by atoms with van der Waals surface area (Å²) in [4.78, 5) is 15.4. The molecule has 0 aliphatic rings. The van der Waals surface area contributed by atoms with Crippen molar-refractivity contribution >= 4 is 17.6 Å². The second-order valence-electron chi connectivity index (χ2n) is 7.91. The van der Waals surface area contributed by atoms with E-state index < -0.39 is 4.92 Å². The summed E-state index contributed by atoms with van der Waals surface area (Å²) in [5, 5.41) is 11.2. The highest BCUT2D eigenvalue weighted by Crippen LogP contribution is 2.36. The van der Waals surface area contributed by atoms with Gasteiger partial charge in [0, 0.05) is 29.6 Å². The van der Waals surface area contributed by atoms with Gasteiger partial charge in [-0.25, -0.2) is 4.39 Å². The quantitative estimate of drug-likeness (QED) is 0.148. The molecule has 5 rings (SSSR count). The van der Waals surface area contributed by atoms with Crippen molar-refractivity contribution in [1.29, 1.82) is 0 Å². The minimum atomic E-state index is -0.406. The topological polar surface area (TPSA) is 60.4 Å². The van der Waals surface area contributed by atoms with Gasteiger partial charge < -0.3 is 4.57 Å². The lowest BCUT2D eigenvalue weighted by Crippen LogP contribution is -2.01. The van der Waals surface area contributed by atoms with E-state index in [0.29, 0.717) is 5.69 Å². The second-order valence-corrected chi connectivity index (χ2v) is 7.91. The van der Waals surface area contributed by atoms with Gasteiger partial charge in [-0.1, -0.05) is 60.7 Å². The Morgan fingerprint density at radius 1 is 0.771 bits per heavy atom. The molecule has 5 nitrogen and oxygen atoms in total. The monoisotopic (exact) mass is 461 g/mol. The Kier molecular flexibility index (Phi) is 6.01. The molecular formula is C29H20FN3O2. The van der Waals surface area contributed by atoms with Crippen molar-refractivity contribution in [3.63, 3.8) is 0 Å². The molecule has 0 aliphatic carbocycles. The van der Waals surface area contributed by atoms with Crippen LogP contribution < -0.4 is 0 Å². The first kappa shape index (κ1) is 22.0. The molecular weight excluding hydrogens is 441 g/mol. The molecule has 0 radical (unpaired) electrons. The average molecular weight is 461 g/mol. The summed E-state index contributed by atoms with van der Waals surface area (Å²) < 4.78 is 15.4. The molecule has 1 heterocycles. The fraction of sp³-hybridized carbons (Fsp3) is 0. The largest absolute Gasteiger partial charge is 0.309 e. The molecule has 0 bridgehead atoms. The standard InChI is InChI=1S/C29H20FN3O2/c30-24-11-13-25(14-12-24)31-20-23-19-28(21-7-3-1-4-8-21)32(29(23)22-9-5-2-6-10-22)26-15-17-27(18-16-26)33(34)35/h1-20H. The Morgan fingerprint density at radius 2 is 1.37 bits per heavy atom. The van der Waals surface area contributed by atoms with Crippen molar-refractivity contribution in [2.75, 3.05) is 0 Å². The number of nitro benzene ring substituents is 1. The highest BCUT2D eigenvalue weighted by atomic mass is 19.1. The molecule has 6 heteroatoms. The van der Waals surface area contributed by atoms with Crippen LogP contribution >= 0.6 is 0 Å². The molecule has 0 fully saturated rings. The number of aliphatic imine (C=N–C) groups is 1. The van der Waals surface area contributed by atoms with Crippen LogP contribution in [0.3, 0.4) is 0 Å². The van der Waals surface area contributed by atoms with Gasteiger partial charge in [-0.05, 0) is 53.6 Å². The Morgan fingerprint density at radius 3 is 1.97 bits per heavy atom. The molecule has 0 N–H and O–H groups in total. The van der Waals surface area contributed by atoms with Crippen molar-refractivity contribution in [3.8, 4) is 28.2 Å². The maximum Gasteiger partial charge on any atom is 0.269 e. The van der Waals surface area contributed by atoms with E-state index in [0.717, 1.165) is 33.8 Å². The lowest BCUT2D eigenvalue weighted by atomic mass is 10.1. The van der Waals surface area contributed by atoms with Gasteiger partial charge in [0.1, 0.15) is 5.82 Å². The van der Waals surface area contributed by atoms with Crippen LogP contribution in [0.4, 0.5) is 15.8 Å². The molecule has 35 heavy (non-hydrogen) atoms. The summed E-state index contributed by atoms with van der Waals surface area (Å²) in [7, 11) is 0. The van der Waals surface area contributed by atoms with E-state index in [1.807, 2.05) is 66.7 Å². The Hall–Kier alpha value is -4.84. The van der Waals surface area contributed by atoms with Gasteiger partial charge >= 0.3 is 0 Å². The van der Waals surface area contributed by atoms with Crippen LogP contribution in [-0.4, -0.2) is 15.7 Å². The molecule has 0 amide bonds. The molecule has 0 saturated heterocycles. The highest BCUT2D eigenvalue weighted by Gasteiger charge is 2.19. The van der Waals surface area contributed by atoms with Gasteiger partial charge in [0.25, 0.3) is 5.69 Å². The van der Waals surface area contributed by atoms with E-state index in [1.54, 1.807) is 30.5 Å². The van der Waals surface area contributed by atoms with E-state index in [-0.39, 0.29) is 11.5 Å². The first-order valence-electron chi connectivity index (χ1n) is 11.0. The van der Waals surface area contributed by atoms with Crippen LogP contribution in [0.2, 0.25) is 0 Å². The summed E-state index contributed by atoms with van der Waals surface area (Å²) in [6.45, 7) is 0. The predicted molar refractivity (Wildman–Crippen MR) is 137 cm³/mol. The SMILES string of the molecule is O=[N+]([O-])c1ccc(-n2c(-c3ccccc3)cc(C=Nc3ccc(F)cc3)c2-c2ccccc2)cc1. The van der Waals surface area contributed by atoms with Crippen LogP contribution in [-0.2, 0) is 0 Å². The molecule has 4 aromatic carbocycles. The summed E-state index contributed by atoms with van der Waals surface area (Å²) in [6, 6.07) is 34.4. The minimum Gasteiger partial charge on any atom is -0.309 e. The molecule has 170 valence electrons. The Labute approximate surface area is 201 Å². The van der Waals surface area contributed by atoms with Gasteiger partial charge in [0.05, 0.1) is 22.0 Å². The van der Waals surface area contributed by atoms with Gasteiger partial charge in [0.2, 0.25) is 0 Å². The zero-order valence-electron chi connectivity index (χ0n) is 18.6.